The third-order valence-electron chi connectivity index (χ3n) is 10.3. The van der Waals surface area contributed by atoms with Crippen LogP contribution in [0.1, 0.15) is 0 Å². The Morgan fingerprint density at radius 3 is 1.56 bits per heavy atom. The zero-order valence-electron chi connectivity index (χ0n) is 28.0. The Morgan fingerprint density at radius 1 is 0.346 bits per heavy atom. The number of para-hydroxylation sites is 2. The van der Waals surface area contributed by atoms with Crippen molar-refractivity contribution in [1.82, 2.24) is 23.9 Å². The SMILES string of the molecule is c1ccc(-c2nc(-c3ccccc3)nc(-c3ccc(-n4c5ccccc5c5c4ccc4c6ccccc6c6cc7ccccc7n6c45)cc3)n2)cc1. The molecule has 0 radical (unpaired) electrons. The van der Waals surface area contributed by atoms with Crippen LogP contribution in [-0.4, -0.2) is 23.9 Å². The molecule has 0 N–H and O–H groups in total. The Kier molecular flexibility index (Phi) is 6.18. The Balaban J connectivity index is 1.15. The molecular weight excluding hydrogens is 635 g/mol. The van der Waals surface area contributed by atoms with Gasteiger partial charge < -0.3 is 8.97 Å². The number of benzene rings is 7. The Morgan fingerprint density at radius 2 is 0.885 bits per heavy atom. The molecule has 0 fully saturated rings. The maximum atomic E-state index is 4.97. The number of hydrogen-bond donors (Lipinski definition) is 0. The summed E-state index contributed by atoms with van der Waals surface area (Å²) in [5.41, 5.74) is 9.89. The number of nitrogens with zero attached hydrogens (tertiary/aromatic N) is 5. The zero-order chi connectivity index (χ0) is 34.2. The Labute approximate surface area is 298 Å². The van der Waals surface area contributed by atoms with Crippen molar-refractivity contribution in [2.45, 2.75) is 0 Å². The number of hydrogen-bond acceptors (Lipinski definition) is 3. The average molecular weight is 664 g/mol. The molecule has 0 unspecified atom stereocenters. The highest BCUT2D eigenvalue weighted by Gasteiger charge is 2.20. The summed E-state index contributed by atoms with van der Waals surface area (Å²) in [7, 11) is 0. The molecular formula is C47H29N5. The van der Waals surface area contributed by atoms with Gasteiger partial charge in [-0.2, -0.15) is 0 Å². The normalized spacial score (nSPS) is 11.8. The maximum Gasteiger partial charge on any atom is 0.164 e. The van der Waals surface area contributed by atoms with Gasteiger partial charge in [-0.15, -0.1) is 0 Å². The van der Waals surface area contributed by atoms with E-state index in [1.54, 1.807) is 0 Å². The Hall–Kier alpha value is -7.11. The predicted octanol–water partition coefficient (Wildman–Crippen LogP) is 11.7. The molecule has 0 aliphatic carbocycles. The van der Waals surface area contributed by atoms with Crippen molar-refractivity contribution in [3.05, 3.63) is 176 Å². The highest BCUT2D eigenvalue weighted by molar-refractivity contribution is 6.27. The molecule has 0 amide bonds. The van der Waals surface area contributed by atoms with Crippen molar-refractivity contribution < 1.29 is 0 Å². The van der Waals surface area contributed by atoms with Crippen LogP contribution in [0.3, 0.4) is 0 Å². The molecule has 4 aromatic heterocycles. The van der Waals surface area contributed by atoms with Crippen LogP contribution in [0, 0.1) is 0 Å². The number of fused-ring (bicyclic) bond motifs is 12. The fraction of sp³-hybridized carbons (Fsp3) is 0. The monoisotopic (exact) mass is 663 g/mol. The van der Waals surface area contributed by atoms with Gasteiger partial charge in [-0.1, -0.05) is 127 Å². The van der Waals surface area contributed by atoms with Crippen LogP contribution >= 0.6 is 0 Å². The molecule has 4 heterocycles. The van der Waals surface area contributed by atoms with E-state index < -0.39 is 0 Å². The molecule has 0 aliphatic rings. The molecule has 0 bridgehead atoms. The van der Waals surface area contributed by atoms with Gasteiger partial charge >= 0.3 is 0 Å². The average Bonchev–Trinajstić information content (AvgIpc) is 3.78. The molecule has 5 heteroatoms. The Bertz CT molecular complexity index is 3100. The van der Waals surface area contributed by atoms with Crippen molar-refractivity contribution in [2.24, 2.45) is 0 Å². The minimum absolute atomic E-state index is 0.640. The van der Waals surface area contributed by atoms with E-state index in [0.29, 0.717) is 17.5 Å². The van der Waals surface area contributed by atoms with Crippen LogP contribution in [0.25, 0.3) is 99.8 Å². The second kappa shape index (κ2) is 11.2. The fourth-order valence-corrected chi connectivity index (χ4v) is 8.00. The lowest BCUT2D eigenvalue weighted by atomic mass is 10.0. The highest BCUT2D eigenvalue weighted by atomic mass is 15.0. The molecule has 52 heavy (non-hydrogen) atoms. The standard InChI is InChI=1S/C47H29N5/c1-3-13-30(14-4-1)45-48-46(31-15-5-2-6-16-31)50-47(49-45)32-23-25-34(26-24-32)51-40-22-12-10-20-38(40)43-41(51)28-27-37-35-18-8-9-19-36(35)42-29-33-17-7-11-21-39(33)52(42)44(37)43/h1-29H. The largest absolute Gasteiger partial charge is 0.309 e. The third-order valence-corrected chi connectivity index (χ3v) is 10.3. The molecule has 0 spiro atoms. The molecule has 11 rings (SSSR count). The predicted molar refractivity (Wildman–Crippen MR) is 214 cm³/mol. The topological polar surface area (TPSA) is 48.0 Å². The molecule has 242 valence electrons. The molecule has 0 saturated heterocycles. The number of aromatic nitrogens is 5. The van der Waals surface area contributed by atoms with Crippen LogP contribution < -0.4 is 0 Å². The summed E-state index contributed by atoms with van der Waals surface area (Å²) in [5.74, 6) is 1.94. The van der Waals surface area contributed by atoms with E-state index >= 15 is 0 Å². The first-order valence-corrected chi connectivity index (χ1v) is 17.5. The van der Waals surface area contributed by atoms with Gasteiger partial charge in [0.15, 0.2) is 17.5 Å². The van der Waals surface area contributed by atoms with Gasteiger partial charge in [0.2, 0.25) is 0 Å². The van der Waals surface area contributed by atoms with Crippen LogP contribution in [0.15, 0.2) is 176 Å². The van der Waals surface area contributed by atoms with E-state index in [2.05, 4.69) is 124 Å². The van der Waals surface area contributed by atoms with E-state index in [1.165, 1.54) is 48.9 Å². The summed E-state index contributed by atoms with van der Waals surface area (Å²) in [6.45, 7) is 0. The van der Waals surface area contributed by atoms with Gasteiger partial charge in [-0.3, -0.25) is 0 Å². The van der Waals surface area contributed by atoms with Gasteiger partial charge in [-0.25, -0.2) is 15.0 Å². The second-order valence-corrected chi connectivity index (χ2v) is 13.3. The first-order valence-electron chi connectivity index (χ1n) is 17.5. The molecule has 0 atom stereocenters. The van der Waals surface area contributed by atoms with E-state index in [4.69, 9.17) is 15.0 Å². The van der Waals surface area contributed by atoms with E-state index in [-0.39, 0.29) is 0 Å². The molecule has 7 aromatic carbocycles. The lowest BCUT2D eigenvalue weighted by Crippen LogP contribution is -2.00. The van der Waals surface area contributed by atoms with E-state index in [1.807, 2.05) is 60.7 Å². The van der Waals surface area contributed by atoms with Crippen LogP contribution in [0.5, 0.6) is 0 Å². The summed E-state index contributed by atoms with van der Waals surface area (Å²) in [6.07, 6.45) is 0. The van der Waals surface area contributed by atoms with Gasteiger partial charge in [0, 0.05) is 49.3 Å². The lowest BCUT2D eigenvalue weighted by Gasteiger charge is -2.13. The van der Waals surface area contributed by atoms with Gasteiger partial charge in [-0.05, 0) is 53.9 Å². The van der Waals surface area contributed by atoms with Crippen LogP contribution in [0.2, 0.25) is 0 Å². The molecule has 5 nitrogen and oxygen atoms in total. The van der Waals surface area contributed by atoms with Crippen molar-refractivity contribution in [1.29, 1.82) is 0 Å². The summed E-state index contributed by atoms with van der Waals surface area (Å²) in [5, 5.41) is 7.46. The molecule has 11 aromatic rings. The second-order valence-electron chi connectivity index (χ2n) is 13.3. The lowest BCUT2D eigenvalue weighted by molar-refractivity contribution is 1.07. The minimum Gasteiger partial charge on any atom is -0.309 e. The zero-order valence-corrected chi connectivity index (χ0v) is 28.0. The summed E-state index contributed by atoms with van der Waals surface area (Å²) in [4.78, 5) is 14.8. The quantitative estimate of drug-likeness (QED) is 0.176. The van der Waals surface area contributed by atoms with Crippen LogP contribution in [0.4, 0.5) is 0 Å². The van der Waals surface area contributed by atoms with E-state index in [0.717, 1.165) is 33.4 Å². The van der Waals surface area contributed by atoms with Crippen molar-refractivity contribution in [3.8, 4) is 39.9 Å². The van der Waals surface area contributed by atoms with Gasteiger partial charge in [0.1, 0.15) is 0 Å². The number of pyridine rings is 1. The summed E-state index contributed by atoms with van der Waals surface area (Å²) in [6, 6.07) is 62.0. The van der Waals surface area contributed by atoms with Crippen molar-refractivity contribution in [2.75, 3.05) is 0 Å². The van der Waals surface area contributed by atoms with Crippen LogP contribution in [-0.2, 0) is 0 Å². The van der Waals surface area contributed by atoms with Crippen molar-refractivity contribution in [3.63, 3.8) is 0 Å². The maximum absolute atomic E-state index is 4.97. The number of rotatable bonds is 4. The van der Waals surface area contributed by atoms with Gasteiger partial charge in [0.05, 0.1) is 27.6 Å². The summed E-state index contributed by atoms with van der Waals surface area (Å²) < 4.78 is 4.86. The smallest absolute Gasteiger partial charge is 0.164 e. The summed E-state index contributed by atoms with van der Waals surface area (Å²) >= 11 is 0. The first kappa shape index (κ1) is 28.7. The van der Waals surface area contributed by atoms with Gasteiger partial charge in [0.25, 0.3) is 0 Å². The van der Waals surface area contributed by atoms with Crippen molar-refractivity contribution >= 4 is 59.9 Å². The third kappa shape index (κ3) is 4.26. The first-order chi connectivity index (χ1) is 25.8. The molecule has 0 aliphatic heterocycles. The molecule has 0 saturated carbocycles. The minimum atomic E-state index is 0.640. The highest BCUT2D eigenvalue weighted by Crippen LogP contribution is 2.42. The van der Waals surface area contributed by atoms with E-state index in [9.17, 15) is 0 Å². The fourth-order valence-electron chi connectivity index (χ4n) is 8.00.